The minimum Gasteiger partial charge on any atom is -0.493 e. The van der Waals surface area contributed by atoms with Gasteiger partial charge in [0.25, 0.3) is 0 Å². The quantitative estimate of drug-likeness (QED) is 0.777. The Morgan fingerprint density at radius 2 is 2.29 bits per heavy atom. The van der Waals surface area contributed by atoms with Crippen molar-refractivity contribution in [2.24, 2.45) is 0 Å². The molecule has 0 atom stereocenters. The molecule has 2 aromatic rings. The van der Waals surface area contributed by atoms with Crippen molar-refractivity contribution in [3.63, 3.8) is 0 Å². The molecule has 6 heteroatoms. The van der Waals surface area contributed by atoms with Crippen LogP contribution in [0.2, 0.25) is 0 Å². The van der Waals surface area contributed by atoms with Crippen LogP contribution in [0.15, 0.2) is 37.2 Å². The van der Waals surface area contributed by atoms with E-state index in [9.17, 15) is 0 Å². The van der Waals surface area contributed by atoms with E-state index < -0.39 is 0 Å². The number of nitrogens with one attached hydrogen (secondary N) is 1. The van der Waals surface area contributed by atoms with Crippen LogP contribution in [-0.4, -0.2) is 35.2 Å². The predicted octanol–water partition coefficient (Wildman–Crippen LogP) is 1.98. The smallest absolute Gasteiger partial charge is 0.163 e. The summed E-state index contributed by atoms with van der Waals surface area (Å²) in [5.41, 5.74) is 1.94. The van der Waals surface area contributed by atoms with Gasteiger partial charge in [0, 0.05) is 36.3 Å². The summed E-state index contributed by atoms with van der Waals surface area (Å²) in [6.07, 6.45) is 5.31. The van der Waals surface area contributed by atoms with Crippen LogP contribution in [0.1, 0.15) is 5.56 Å². The highest BCUT2D eigenvalue weighted by Gasteiger charge is 2.06. The molecule has 0 saturated carbocycles. The van der Waals surface area contributed by atoms with Gasteiger partial charge in [-0.05, 0) is 12.1 Å². The Hall–Kier alpha value is -2.47. The fourth-order valence-corrected chi connectivity index (χ4v) is 1.83. The van der Waals surface area contributed by atoms with E-state index in [1.54, 1.807) is 24.2 Å². The second-order valence-electron chi connectivity index (χ2n) is 4.30. The first-order chi connectivity index (χ1) is 10.3. The van der Waals surface area contributed by atoms with Crippen LogP contribution in [0.5, 0.6) is 11.5 Å². The molecular formula is C15H19N3O3. The number of aliphatic hydroxyl groups is 1. The Labute approximate surface area is 123 Å². The molecule has 0 amide bonds. The minimum atomic E-state index is -0.0401. The molecule has 112 valence electrons. The van der Waals surface area contributed by atoms with Crippen LogP contribution in [0.4, 0.5) is 5.69 Å². The van der Waals surface area contributed by atoms with E-state index in [1.807, 2.05) is 24.4 Å². The molecule has 21 heavy (non-hydrogen) atoms. The summed E-state index contributed by atoms with van der Waals surface area (Å²) in [5.74, 6) is 1.23. The number of hydrogen-bond acceptors (Lipinski definition) is 5. The number of ether oxygens (including phenoxy) is 2. The predicted molar refractivity (Wildman–Crippen MR) is 81.5 cm³/mol. The molecule has 0 saturated heterocycles. The van der Waals surface area contributed by atoms with Crippen LogP contribution >= 0.6 is 0 Å². The van der Waals surface area contributed by atoms with E-state index >= 15 is 0 Å². The van der Waals surface area contributed by atoms with E-state index in [1.165, 1.54) is 0 Å². The van der Waals surface area contributed by atoms with Crippen molar-refractivity contribution in [1.82, 2.24) is 9.78 Å². The first kappa shape index (κ1) is 14.9. The topological polar surface area (TPSA) is 68.5 Å². The molecule has 0 aliphatic rings. The molecule has 1 heterocycles. The van der Waals surface area contributed by atoms with E-state index in [2.05, 4.69) is 17.0 Å². The van der Waals surface area contributed by atoms with Gasteiger partial charge < -0.3 is 19.9 Å². The zero-order valence-corrected chi connectivity index (χ0v) is 12.0. The van der Waals surface area contributed by atoms with Gasteiger partial charge in [-0.1, -0.05) is 6.58 Å². The van der Waals surface area contributed by atoms with E-state index in [4.69, 9.17) is 14.6 Å². The van der Waals surface area contributed by atoms with Gasteiger partial charge >= 0.3 is 0 Å². The van der Waals surface area contributed by atoms with Crippen molar-refractivity contribution in [2.45, 2.75) is 6.54 Å². The first-order valence-electron chi connectivity index (χ1n) is 6.58. The lowest BCUT2D eigenvalue weighted by atomic mass is 10.2. The van der Waals surface area contributed by atoms with Crippen molar-refractivity contribution < 1.29 is 14.6 Å². The Balaban J connectivity index is 2.03. The molecule has 0 spiro atoms. The van der Waals surface area contributed by atoms with Crippen LogP contribution < -0.4 is 14.8 Å². The molecule has 2 N–H and O–H groups in total. The van der Waals surface area contributed by atoms with Crippen molar-refractivity contribution in [3.8, 4) is 11.5 Å². The van der Waals surface area contributed by atoms with Crippen LogP contribution in [0.3, 0.4) is 0 Å². The monoisotopic (exact) mass is 289 g/mol. The van der Waals surface area contributed by atoms with Crippen molar-refractivity contribution in [2.75, 3.05) is 25.6 Å². The number of methoxy groups -OCH3 is 1. The van der Waals surface area contributed by atoms with Gasteiger partial charge in [-0.3, -0.25) is 0 Å². The maximum Gasteiger partial charge on any atom is 0.163 e. The highest BCUT2D eigenvalue weighted by Crippen LogP contribution is 2.30. The molecule has 2 rings (SSSR count). The number of anilines is 1. The van der Waals surface area contributed by atoms with Gasteiger partial charge in [0.2, 0.25) is 0 Å². The number of rotatable bonds is 8. The summed E-state index contributed by atoms with van der Waals surface area (Å²) >= 11 is 0. The number of aliphatic hydroxyl groups excluding tert-OH is 1. The van der Waals surface area contributed by atoms with E-state index in [-0.39, 0.29) is 13.2 Å². The number of hydrogen-bond donors (Lipinski definition) is 2. The zero-order chi connectivity index (χ0) is 15.1. The highest BCUT2D eigenvalue weighted by molar-refractivity contribution is 5.55. The fraction of sp³-hybridized carbons (Fsp3) is 0.267. The van der Waals surface area contributed by atoms with Gasteiger partial charge in [-0.2, -0.15) is 5.10 Å². The molecule has 0 unspecified atom stereocenters. The van der Waals surface area contributed by atoms with Crippen LogP contribution in [-0.2, 0) is 6.54 Å². The molecule has 0 radical (unpaired) electrons. The molecule has 0 fully saturated rings. The normalized spacial score (nSPS) is 10.2. The van der Waals surface area contributed by atoms with Gasteiger partial charge in [0.05, 0.1) is 19.9 Å². The SMILES string of the molecule is C=Cn1cc(CNc2ccc(OC)c(OCCO)c2)cn1. The lowest BCUT2D eigenvalue weighted by Gasteiger charge is -2.12. The Morgan fingerprint density at radius 3 is 2.95 bits per heavy atom. The molecule has 1 aromatic heterocycles. The second kappa shape index (κ2) is 7.35. The average Bonchev–Trinajstić information content (AvgIpc) is 2.99. The molecule has 0 aliphatic carbocycles. The van der Waals surface area contributed by atoms with Crippen molar-refractivity contribution in [1.29, 1.82) is 0 Å². The molecule has 0 aliphatic heterocycles. The lowest BCUT2D eigenvalue weighted by molar-refractivity contribution is 0.196. The summed E-state index contributed by atoms with van der Waals surface area (Å²) in [5, 5.41) is 16.2. The third-order valence-electron chi connectivity index (χ3n) is 2.85. The van der Waals surface area contributed by atoms with Crippen molar-refractivity contribution in [3.05, 3.63) is 42.7 Å². The number of benzene rings is 1. The molecular weight excluding hydrogens is 270 g/mol. The molecule has 1 aromatic carbocycles. The highest BCUT2D eigenvalue weighted by atomic mass is 16.5. The van der Waals surface area contributed by atoms with Crippen LogP contribution in [0, 0.1) is 0 Å². The van der Waals surface area contributed by atoms with E-state index in [0.29, 0.717) is 18.0 Å². The summed E-state index contributed by atoms with van der Waals surface area (Å²) in [4.78, 5) is 0. The Kier molecular flexibility index (Phi) is 5.22. The molecule has 6 nitrogen and oxygen atoms in total. The van der Waals surface area contributed by atoms with Gasteiger partial charge in [0.15, 0.2) is 11.5 Å². The number of aromatic nitrogens is 2. The Bertz CT molecular complexity index is 596. The fourth-order valence-electron chi connectivity index (χ4n) is 1.83. The maximum absolute atomic E-state index is 8.84. The summed E-state index contributed by atoms with van der Waals surface area (Å²) in [7, 11) is 1.58. The number of nitrogens with zero attached hydrogens (tertiary/aromatic N) is 2. The van der Waals surface area contributed by atoms with Gasteiger partial charge in [0.1, 0.15) is 6.61 Å². The third-order valence-corrected chi connectivity index (χ3v) is 2.85. The second-order valence-corrected chi connectivity index (χ2v) is 4.30. The first-order valence-corrected chi connectivity index (χ1v) is 6.58. The van der Waals surface area contributed by atoms with Crippen LogP contribution in [0.25, 0.3) is 6.20 Å². The maximum atomic E-state index is 8.84. The van der Waals surface area contributed by atoms with Gasteiger partial charge in [-0.15, -0.1) is 0 Å². The minimum absolute atomic E-state index is 0.0401. The van der Waals surface area contributed by atoms with E-state index in [0.717, 1.165) is 11.3 Å². The molecule has 0 bridgehead atoms. The van der Waals surface area contributed by atoms with Crippen molar-refractivity contribution >= 4 is 11.9 Å². The standard InChI is InChI=1S/C15H19N3O3/c1-3-18-11-12(10-17-18)9-16-13-4-5-14(20-2)15(8-13)21-7-6-19/h3-5,8,10-11,16,19H,1,6-7,9H2,2H3. The lowest BCUT2D eigenvalue weighted by Crippen LogP contribution is -2.04. The van der Waals surface area contributed by atoms with Gasteiger partial charge in [-0.25, -0.2) is 4.68 Å². The zero-order valence-electron chi connectivity index (χ0n) is 12.0. The summed E-state index contributed by atoms with van der Waals surface area (Å²) in [6, 6.07) is 5.57. The Morgan fingerprint density at radius 1 is 1.43 bits per heavy atom. The average molecular weight is 289 g/mol. The summed E-state index contributed by atoms with van der Waals surface area (Å²) in [6.45, 7) is 4.48. The third kappa shape index (κ3) is 4.00. The summed E-state index contributed by atoms with van der Waals surface area (Å²) < 4.78 is 12.3. The largest absolute Gasteiger partial charge is 0.493 e.